The molecule has 1 atom stereocenters. The van der Waals surface area contributed by atoms with Crippen LogP contribution in [-0.2, 0) is 22.4 Å². The smallest absolute Gasteiger partial charge is 0.293 e. The van der Waals surface area contributed by atoms with Crippen molar-refractivity contribution in [1.82, 2.24) is 0 Å². The van der Waals surface area contributed by atoms with Gasteiger partial charge in [0.25, 0.3) is 6.47 Å². The first kappa shape index (κ1) is 23.7. The highest BCUT2D eigenvalue weighted by molar-refractivity contribution is 5.52. The maximum Gasteiger partial charge on any atom is 0.293 e. The van der Waals surface area contributed by atoms with E-state index in [0.29, 0.717) is 43.2 Å². The molecule has 164 valence electrons. The summed E-state index contributed by atoms with van der Waals surface area (Å²) in [5.74, 6) is 1.16. The van der Waals surface area contributed by atoms with E-state index in [2.05, 4.69) is 17.7 Å². The topological polar surface area (TPSA) is 55.8 Å². The number of fused-ring (bicyclic) bond motifs is 1. The first-order chi connectivity index (χ1) is 14.3. The predicted molar refractivity (Wildman–Crippen MR) is 117 cm³/mol. The van der Waals surface area contributed by atoms with Crippen LogP contribution < -0.4 is 4.74 Å². The molecule has 0 saturated heterocycles. The number of carbonyl (C=O) groups is 1. The second-order valence-corrected chi connectivity index (χ2v) is 7.84. The number of phenolic OH excluding ortho intramolecular Hbond substituents is 1. The second kappa shape index (κ2) is 11.0. The van der Waals surface area contributed by atoms with Crippen molar-refractivity contribution in [2.24, 2.45) is 0 Å². The van der Waals surface area contributed by atoms with E-state index in [9.17, 15) is 14.3 Å². The van der Waals surface area contributed by atoms with Crippen molar-refractivity contribution in [3.63, 3.8) is 0 Å². The molecule has 0 fully saturated rings. The summed E-state index contributed by atoms with van der Waals surface area (Å²) >= 11 is 0. The number of carbonyl (C=O) groups excluding carboxylic acids is 1. The molecule has 0 amide bonds. The lowest BCUT2D eigenvalue weighted by Crippen LogP contribution is -2.04. The van der Waals surface area contributed by atoms with Crippen LogP contribution in [0.5, 0.6) is 11.5 Å². The molecule has 0 aromatic heterocycles. The summed E-state index contributed by atoms with van der Waals surface area (Å²) < 4.78 is 24.9. The number of rotatable bonds is 7. The zero-order valence-electron chi connectivity index (χ0n) is 18.6. The van der Waals surface area contributed by atoms with Crippen molar-refractivity contribution < 1.29 is 23.8 Å². The number of ether oxygens (including phenoxy) is 2. The molecular weight excluding hydrogens is 383 g/mol. The van der Waals surface area contributed by atoms with E-state index in [1.165, 1.54) is 16.7 Å². The summed E-state index contributed by atoms with van der Waals surface area (Å²) in [6.45, 7) is 11.4. The molecule has 1 N–H and O–H groups in total. The van der Waals surface area contributed by atoms with Crippen LogP contribution in [0.2, 0.25) is 0 Å². The SMILES string of the molecule is CCOC=O.CCOc1ccc(Cc2ccc(O)c(C(C)C)c2F)c2c1CCC2C. The van der Waals surface area contributed by atoms with Gasteiger partial charge in [-0.15, -0.1) is 0 Å². The third-order valence-corrected chi connectivity index (χ3v) is 5.45. The monoisotopic (exact) mass is 416 g/mol. The maximum atomic E-state index is 14.9. The quantitative estimate of drug-likeness (QED) is 0.573. The molecule has 0 saturated carbocycles. The van der Waals surface area contributed by atoms with Gasteiger partial charge in [0.15, 0.2) is 0 Å². The summed E-state index contributed by atoms with van der Waals surface area (Å²) in [5, 5.41) is 9.99. The van der Waals surface area contributed by atoms with Crippen LogP contribution in [0.15, 0.2) is 24.3 Å². The number of halogens is 1. The Kier molecular flexibility index (Phi) is 8.70. The Labute approximate surface area is 179 Å². The van der Waals surface area contributed by atoms with Crippen LogP contribution >= 0.6 is 0 Å². The fourth-order valence-corrected chi connectivity index (χ4v) is 4.10. The van der Waals surface area contributed by atoms with Crippen LogP contribution in [0.3, 0.4) is 0 Å². The average Bonchev–Trinajstić information content (AvgIpc) is 3.09. The first-order valence-electron chi connectivity index (χ1n) is 10.7. The van der Waals surface area contributed by atoms with Crippen molar-refractivity contribution in [3.8, 4) is 11.5 Å². The van der Waals surface area contributed by atoms with Gasteiger partial charge in [-0.3, -0.25) is 4.79 Å². The van der Waals surface area contributed by atoms with Gasteiger partial charge in [-0.25, -0.2) is 4.39 Å². The van der Waals surface area contributed by atoms with E-state index in [1.54, 1.807) is 19.1 Å². The molecule has 0 spiro atoms. The molecule has 1 aliphatic carbocycles. The number of aromatic hydroxyl groups is 1. The van der Waals surface area contributed by atoms with E-state index in [0.717, 1.165) is 18.6 Å². The minimum absolute atomic E-state index is 0.0431. The summed E-state index contributed by atoms with van der Waals surface area (Å²) in [6.07, 6.45) is 2.68. The molecule has 1 aliphatic rings. The van der Waals surface area contributed by atoms with Crippen LogP contribution in [0.1, 0.15) is 80.7 Å². The van der Waals surface area contributed by atoms with Gasteiger partial charge in [-0.1, -0.05) is 32.9 Å². The van der Waals surface area contributed by atoms with Crippen LogP contribution in [-0.4, -0.2) is 24.8 Å². The maximum absolute atomic E-state index is 14.9. The number of benzene rings is 2. The first-order valence-corrected chi connectivity index (χ1v) is 10.7. The lowest BCUT2D eigenvalue weighted by atomic mass is 9.90. The van der Waals surface area contributed by atoms with Crippen molar-refractivity contribution in [2.75, 3.05) is 13.2 Å². The Bertz CT molecular complexity index is 861. The Morgan fingerprint density at radius 1 is 1.17 bits per heavy atom. The molecule has 4 nitrogen and oxygen atoms in total. The molecule has 0 radical (unpaired) electrons. The average molecular weight is 417 g/mol. The molecular formula is C25H33FO4. The number of hydrogen-bond donors (Lipinski definition) is 1. The highest BCUT2D eigenvalue weighted by Gasteiger charge is 2.26. The lowest BCUT2D eigenvalue weighted by molar-refractivity contribution is -0.128. The molecule has 30 heavy (non-hydrogen) atoms. The molecule has 2 aromatic carbocycles. The van der Waals surface area contributed by atoms with Gasteiger partial charge in [0.2, 0.25) is 0 Å². The second-order valence-electron chi connectivity index (χ2n) is 7.84. The Morgan fingerprint density at radius 3 is 2.43 bits per heavy atom. The van der Waals surface area contributed by atoms with E-state index >= 15 is 0 Å². The molecule has 0 bridgehead atoms. The van der Waals surface area contributed by atoms with Gasteiger partial charge in [-0.2, -0.15) is 0 Å². The fourth-order valence-electron chi connectivity index (χ4n) is 4.10. The van der Waals surface area contributed by atoms with Crippen LogP contribution in [0, 0.1) is 5.82 Å². The van der Waals surface area contributed by atoms with Crippen molar-refractivity contribution in [2.45, 2.75) is 65.7 Å². The van der Waals surface area contributed by atoms with Gasteiger partial charge in [0.05, 0.1) is 13.2 Å². The number of phenols is 1. The highest BCUT2D eigenvalue weighted by Crippen LogP contribution is 2.41. The third-order valence-electron chi connectivity index (χ3n) is 5.45. The Morgan fingerprint density at radius 2 is 1.87 bits per heavy atom. The largest absolute Gasteiger partial charge is 0.508 e. The predicted octanol–water partition coefficient (Wildman–Crippen LogP) is 5.87. The zero-order valence-corrected chi connectivity index (χ0v) is 18.6. The lowest BCUT2D eigenvalue weighted by Gasteiger charge is -2.18. The highest BCUT2D eigenvalue weighted by atomic mass is 19.1. The van der Waals surface area contributed by atoms with Crippen LogP contribution in [0.25, 0.3) is 0 Å². The molecule has 0 heterocycles. The van der Waals surface area contributed by atoms with Gasteiger partial charge in [0.1, 0.15) is 17.3 Å². The fraction of sp³-hybridized carbons (Fsp3) is 0.480. The van der Waals surface area contributed by atoms with Gasteiger partial charge in [-0.05, 0) is 72.9 Å². The van der Waals surface area contributed by atoms with Gasteiger partial charge >= 0.3 is 0 Å². The summed E-state index contributed by atoms with van der Waals surface area (Å²) in [6, 6.07) is 7.43. The van der Waals surface area contributed by atoms with Crippen molar-refractivity contribution >= 4 is 6.47 Å². The summed E-state index contributed by atoms with van der Waals surface area (Å²) in [7, 11) is 0. The normalized spacial score (nSPS) is 14.7. The van der Waals surface area contributed by atoms with E-state index in [4.69, 9.17) is 4.74 Å². The molecule has 1 unspecified atom stereocenters. The third kappa shape index (κ3) is 5.32. The van der Waals surface area contributed by atoms with Crippen molar-refractivity contribution in [1.29, 1.82) is 0 Å². The molecule has 2 aromatic rings. The standard InChI is InChI=1S/C22H27FO2.C3H6O2/c1-5-25-19-11-8-15(21-14(4)6-9-17(19)21)12-16-7-10-18(24)20(13(2)3)22(16)23;1-2-5-3-4/h7-8,10-11,13-14,24H,5-6,9,12H2,1-4H3;3H,2H2,1H3. The number of hydrogen-bond acceptors (Lipinski definition) is 4. The minimum atomic E-state index is -0.275. The summed E-state index contributed by atoms with van der Waals surface area (Å²) in [4.78, 5) is 9.18. The molecule has 0 aliphatic heterocycles. The van der Waals surface area contributed by atoms with E-state index < -0.39 is 0 Å². The molecule has 3 rings (SSSR count). The molecule has 5 heteroatoms. The van der Waals surface area contributed by atoms with Crippen molar-refractivity contribution in [3.05, 3.63) is 57.9 Å². The summed E-state index contributed by atoms with van der Waals surface area (Å²) in [5.41, 5.74) is 4.84. The minimum Gasteiger partial charge on any atom is -0.508 e. The van der Waals surface area contributed by atoms with Crippen LogP contribution in [0.4, 0.5) is 4.39 Å². The Balaban J connectivity index is 0.000000575. The van der Waals surface area contributed by atoms with Gasteiger partial charge < -0.3 is 14.6 Å². The van der Waals surface area contributed by atoms with Gasteiger partial charge in [0, 0.05) is 12.0 Å². The Hall–Kier alpha value is -2.56. The van der Waals surface area contributed by atoms with E-state index in [1.807, 2.05) is 26.8 Å². The van der Waals surface area contributed by atoms with E-state index in [-0.39, 0.29) is 17.5 Å². The zero-order chi connectivity index (χ0) is 22.3.